The van der Waals surface area contributed by atoms with Gasteiger partial charge >= 0.3 is 0 Å². The number of aromatic nitrogens is 1. The second-order valence-corrected chi connectivity index (χ2v) is 4.75. The fourth-order valence-electron chi connectivity index (χ4n) is 1.26. The van der Waals surface area contributed by atoms with Gasteiger partial charge in [-0.3, -0.25) is 4.99 Å². The van der Waals surface area contributed by atoms with E-state index in [1.165, 1.54) is 4.88 Å². The third kappa shape index (κ3) is 5.36. The van der Waals surface area contributed by atoms with Crippen molar-refractivity contribution in [2.24, 2.45) is 4.99 Å². The van der Waals surface area contributed by atoms with E-state index in [0.29, 0.717) is 13.1 Å². The first-order chi connectivity index (χ1) is 8.26. The van der Waals surface area contributed by atoms with Crippen LogP contribution >= 0.6 is 11.3 Å². The van der Waals surface area contributed by atoms with Crippen LogP contribution in [0.4, 0.5) is 0 Å². The lowest BCUT2D eigenvalue weighted by Gasteiger charge is -2.08. The van der Waals surface area contributed by atoms with Crippen LogP contribution in [0, 0.1) is 19.3 Å². The summed E-state index contributed by atoms with van der Waals surface area (Å²) in [6.45, 7) is 6.11. The number of nitrogens with zero attached hydrogens (tertiary/aromatic N) is 2. The maximum absolute atomic E-state index is 5.19. The molecule has 4 nitrogen and oxygen atoms in total. The van der Waals surface area contributed by atoms with E-state index in [2.05, 4.69) is 33.5 Å². The fourth-order valence-corrected chi connectivity index (χ4v) is 2.03. The molecule has 2 N–H and O–H groups in total. The van der Waals surface area contributed by atoms with Gasteiger partial charge in [-0.25, -0.2) is 4.98 Å². The van der Waals surface area contributed by atoms with Crippen LogP contribution in [0.2, 0.25) is 0 Å². The molecule has 0 fully saturated rings. The highest BCUT2D eigenvalue weighted by Gasteiger charge is 1.99. The summed E-state index contributed by atoms with van der Waals surface area (Å²) < 4.78 is 0. The summed E-state index contributed by atoms with van der Waals surface area (Å²) in [7, 11) is 0. The minimum atomic E-state index is 0.488. The first kappa shape index (κ1) is 13.5. The average Bonchev–Trinajstić information content (AvgIpc) is 2.72. The second kappa shape index (κ2) is 7.69. The predicted octanol–water partition coefficient (Wildman–Crippen LogP) is 1.18. The number of nitrogens with one attached hydrogen (secondary N) is 2. The van der Waals surface area contributed by atoms with Crippen LogP contribution in [0.5, 0.6) is 0 Å². The van der Waals surface area contributed by atoms with E-state index in [4.69, 9.17) is 6.42 Å². The van der Waals surface area contributed by atoms with Crippen LogP contribution in [0.25, 0.3) is 0 Å². The molecule has 1 heterocycles. The lowest BCUT2D eigenvalue weighted by atomic mass is 10.4. The number of rotatable bonds is 5. The minimum absolute atomic E-state index is 0.488. The van der Waals surface area contributed by atoms with Gasteiger partial charge in [-0.05, 0) is 13.8 Å². The maximum Gasteiger partial charge on any atom is 0.192 e. The van der Waals surface area contributed by atoms with Crippen molar-refractivity contribution in [2.45, 2.75) is 20.3 Å². The third-order valence-corrected chi connectivity index (χ3v) is 2.94. The van der Waals surface area contributed by atoms with E-state index in [9.17, 15) is 0 Å². The van der Waals surface area contributed by atoms with Gasteiger partial charge in [0.2, 0.25) is 0 Å². The van der Waals surface area contributed by atoms with Gasteiger partial charge in [-0.2, -0.15) is 0 Å². The number of thiazole rings is 1. The van der Waals surface area contributed by atoms with Crippen molar-refractivity contribution in [3.8, 4) is 12.3 Å². The standard InChI is InChI=1S/C12H18N4S/c1-4-7-14-12(13-5-2)15-8-6-11-16-9-10(3)17-11/h1,9H,5-8H2,2-3H3,(H2,13,14,15). The highest BCUT2D eigenvalue weighted by atomic mass is 32.1. The number of guanidine groups is 1. The first-order valence-corrected chi connectivity index (χ1v) is 6.45. The average molecular weight is 250 g/mol. The number of hydrogen-bond donors (Lipinski definition) is 2. The summed E-state index contributed by atoms with van der Waals surface area (Å²) in [6, 6.07) is 0. The second-order valence-electron chi connectivity index (χ2n) is 3.43. The molecule has 92 valence electrons. The molecule has 0 spiro atoms. The highest BCUT2D eigenvalue weighted by Crippen LogP contribution is 2.11. The molecule has 0 amide bonds. The van der Waals surface area contributed by atoms with Crippen molar-refractivity contribution in [1.29, 1.82) is 0 Å². The number of aliphatic imine (C=N–C) groups is 1. The van der Waals surface area contributed by atoms with Crippen LogP contribution in [0.15, 0.2) is 11.2 Å². The maximum atomic E-state index is 5.19. The van der Waals surface area contributed by atoms with Crippen LogP contribution in [-0.2, 0) is 6.42 Å². The summed E-state index contributed by atoms with van der Waals surface area (Å²) in [6.07, 6.45) is 7.95. The number of hydrogen-bond acceptors (Lipinski definition) is 3. The molecule has 0 unspecified atom stereocenters. The summed E-state index contributed by atoms with van der Waals surface area (Å²) in [5.74, 6) is 3.29. The Hall–Kier alpha value is -1.54. The van der Waals surface area contributed by atoms with Crippen LogP contribution in [-0.4, -0.2) is 30.6 Å². The molecule has 0 aliphatic heterocycles. The van der Waals surface area contributed by atoms with E-state index < -0.39 is 0 Å². The van der Waals surface area contributed by atoms with Crippen LogP contribution < -0.4 is 10.6 Å². The molecule has 1 aromatic heterocycles. The van der Waals surface area contributed by atoms with Gasteiger partial charge in [0, 0.05) is 30.6 Å². The molecule has 0 aromatic carbocycles. The van der Waals surface area contributed by atoms with E-state index in [1.54, 1.807) is 11.3 Å². The van der Waals surface area contributed by atoms with Gasteiger partial charge in [0.1, 0.15) is 0 Å². The van der Waals surface area contributed by atoms with E-state index in [-0.39, 0.29) is 0 Å². The smallest absolute Gasteiger partial charge is 0.192 e. The summed E-state index contributed by atoms with van der Waals surface area (Å²) >= 11 is 1.72. The molecular weight excluding hydrogens is 232 g/mol. The summed E-state index contributed by atoms with van der Waals surface area (Å²) in [5.41, 5.74) is 0. The Kier molecular flexibility index (Phi) is 6.12. The Bertz CT molecular complexity index is 403. The molecule has 5 heteroatoms. The minimum Gasteiger partial charge on any atom is -0.357 e. The monoisotopic (exact) mass is 250 g/mol. The van der Waals surface area contributed by atoms with Gasteiger partial charge in [0.25, 0.3) is 0 Å². The molecule has 0 radical (unpaired) electrons. The van der Waals surface area contributed by atoms with Crippen LogP contribution in [0.1, 0.15) is 16.8 Å². The molecule has 0 bridgehead atoms. The number of aryl methyl sites for hydroxylation is 1. The largest absolute Gasteiger partial charge is 0.357 e. The normalized spacial score (nSPS) is 11.0. The van der Waals surface area contributed by atoms with Crippen molar-refractivity contribution in [1.82, 2.24) is 15.6 Å². The summed E-state index contributed by atoms with van der Waals surface area (Å²) in [5, 5.41) is 7.31. The lowest BCUT2D eigenvalue weighted by Crippen LogP contribution is -2.37. The fraction of sp³-hybridized carbons (Fsp3) is 0.500. The topological polar surface area (TPSA) is 49.3 Å². The molecular formula is C12H18N4S. The first-order valence-electron chi connectivity index (χ1n) is 5.63. The molecule has 0 atom stereocenters. The van der Waals surface area contributed by atoms with Gasteiger partial charge in [0.15, 0.2) is 5.96 Å². The lowest BCUT2D eigenvalue weighted by molar-refractivity contribution is 0.853. The van der Waals surface area contributed by atoms with Gasteiger partial charge in [-0.1, -0.05) is 5.92 Å². The third-order valence-electron chi connectivity index (χ3n) is 1.97. The molecule has 1 aromatic rings. The molecule has 17 heavy (non-hydrogen) atoms. The Morgan fingerprint density at radius 2 is 2.41 bits per heavy atom. The summed E-state index contributed by atoms with van der Waals surface area (Å²) in [4.78, 5) is 9.96. The molecule has 1 rings (SSSR count). The SMILES string of the molecule is C#CCNC(=NCCc1ncc(C)s1)NCC. The quantitative estimate of drug-likeness (QED) is 0.469. The number of terminal acetylenes is 1. The van der Waals surface area contributed by atoms with E-state index in [0.717, 1.165) is 23.9 Å². The van der Waals surface area contributed by atoms with Gasteiger partial charge in [-0.15, -0.1) is 17.8 Å². The molecule has 0 aliphatic rings. The zero-order valence-electron chi connectivity index (χ0n) is 10.3. The zero-order chi connectivity index (χ0) is 12.5. The Labute approximate surface area is 107 Å². The highest BCUT2D eigenvalue weighted by molar-refractivity contribution is 7.11. The van der Waals surface area contributed by atoms with Crippen molar-refractivity contribution >= 4 is 17.3 Å². The van der Waals surface area contributed by atoms with Crippen LogP contribution in [0.3, 0.4) is 0 Å². The Balaban J connectivity index is 2.40. The van der Waals surface area contributed by atoms with Gasteiger partial charge in [0.05, 0.1) is 11.6 Å². The van der Waals surface area contributed by atoms with Crippen molar-refractivity contribution < 1.29 is 0 Å². The van der Waals surface area contributed by atoms with Crippen molar-refractivity contribution in [3.63, 3.8) is 0 Å². The van der Waals surface area contributed by atoms with Gasteiger partial charge < -0.3 is 10.6 Å². The Morgan fingerprint density at radius 1 is 1.59 bits per heavy atom. The van der Waals surface area contributed by atoms with E-state index in [1.807, 2.05) is 13.1 Å². The zero-order valence-corrected chi connectivity index (χ0v) is 11.1. The Morgan fingerprint density at radius 3 is 3.00 bits per heavy atom. The van der Waals surface area contributed by atoms with E-state index >= 15 is 0 Å². The predicted molar refractivity (Wildman–Crippen MR) is 73.4 cm³/mol. The molecule has 0 aliphatic carbocycles. The van der Waals surface area contributed by atoms with Crippen molar-refractivity contribution in [3.05, 3.63) is 16.1 Å². The van der Waals surface area contributed by atoms with Crippen molar-refractivity contribution in [2.75, 3.05) is 19.6 Å². The molecule has 0 saturated carbocycles. The molecule has 0 saturated heterocycles.